The molecule has 4 aromatic rings. The van der Waals surface area contributed by atoms with Gasteiger partial charge in [-0.2, -0.15) is 0 Å². The van der Waals surface area contributed by atoms with Gasteiger partial charge >= 0.3 is 0 Å². The van der Waals surface area contributed by atoms with Gasteiger partial charge in [0.15, 0.2) is 16.7 Å². The Labute approximate surface area is 192 Å². The smallest absolute Gasteiger partial charge is 0.236 e. The van der Waals surface area contributed by atoms with E-state index in [0.29, 0.717) is 38.9 Å². The Morgan fingerprint density at radius 3 is 2.71 bits per heavy atom. The molecule has 1 amide bonds. The lowest BCUT2D eigenvalue weighted by Crippen LogP contribution is -2.16. The lowest BCUT2D eigenvalue weighted by atomic mass is 10.2. The third kappa shape index (κ3) is 4.92. The van der Waals surface area contributed by atoms with E-state index in [1.807, 2.05) is 41.0 Å². The van der Waals surface area contributed by atoms with Crippen molar-refractivity contribution < 1.29 is 9.21 Å². The Kier molecular flexibility index (Phi) is 6.60. The molecular weight excluding hydrogens is 457 g/mol. The van der Waals surface area contributed by atoms with Crippen LogP contribution >= 0.6 is 35.0 Å². The minimum absolute atomic E-state index is 0.102. The average molecular weight is 474 g/mol. The quantitative estimate of drug-likeness (QED) is 0.365. The molecule has 0 unspecified atom stereocenters. The summed E-state index contributed by atoms with van der Waals surface area (Å²) in [5.74, 6) is 1.30. The summed E-state index contributed by atoms with van der Waals surface area (Å²) in [6.45, 7) is 2.30. The Bertz CT molecular complexity index is 1200. The third-order valence-corrected chi connectivity index (χ3v) is 6.24. The maximum Gasteiger partial charge on any atom is 0.236 e. The molecule has 31 heavy (non-hydrogen) atoms. The van der Waals surface area contributed by atoms with Crippen LogP contribution in [-0.4, -0.2) is 31.4 Å². The van der Waals surface area contributed by atoms with Crippen molar-refractivity contribution in [2.24, 2.45) is 0 Å². The van der Waals surface area contributed by atoms with Crippen LogP contribution in [0.3, 0.4) is 0 Å². The second-order valence-corrected chi connectivity index (χ2v) is 8.31. The normalized spacial score (nSPS) is 10.9. The van der Waals surface area contributed by atoms with Crippen LogP contribution in [-0.2, 0) is 11.3 Å². The van der Waals surface area contributed by atoms with Crippen LogP contribution in [0, 0.1) is 6.92 Å². The number of nitrogens with one attached hydrogen (secondary N) is 1. The van der Waals surface area contributed by atoms with Crippen molar-refractivity contribution in [1.29, 1.82) is 0 Å². The largest absolute Gasteiger partial charge is 0.461 e. The van der Waals surface area contributed by atoms with Gasteiger partial charge in [-0.15, -0.1) is 10.2 Å². The van der Waals surface area contributed by atoms with E-state index in [-0.39, 0.29) is 17.5 Å². The zero-order chi connectivity index (χ0) is 21.8. The van der Waals surface area contributed by atoms with Gasteiger partial charge in [0, 0.05) is 6.20 Å². The molecule has 4 rings (SSSR count). The van der Waals surface area contributed by atoms with Crippen LogP contribution in [0.25, 0.3) is 11.6 Å². The number of hydrogen-bond donors (Lipinski definition) is 1. The van der Waals surface area contributed by atoms with Crippen molar-refractivity contribution in [3.8, 4) is 11.6 Å². The first-order valence-electron chi connectivity index (χ1n) is 9.27. The van der Waals surface area contributed by atoms with Crippen molar-refractivity contribution in [2.45, 2.75) is 18.6 Å². The summed E-state index contributed by atoms with van der Waals surface area (Å²) in [6.07, 6.45) is 3.04. The number of thioether (sulfide) groups is 1. The van der Waals surface area contributed by atoms with Crippen LogP contribution in [0.2, 0.25) is 10.0 Å². The monoisotopic (exact) mass is 473 g/mol. The Morgan fingerprint density at radius 1 is 1.16 bits per heavy atom. The van der Waals surface area contributed by atoms with Crippen LogP contribution in [0.4, 0.5) is 5.82 Å². The number of rotatable bonds is 7. The number of aromatic nitrogens is 4. The fourth-order valence-electron chi connectivity index (χ4n) is 2.83. The second kappa shape index (κ2) is 9.55. The summed E-state index contributed by atoms with van der Waals surface area (Å²) < 4.78 is 7.42. The molecule has 0 bridgehead atoms. The number of benzene rings is 1. The van der Waals surface area contributed by atoms with Crippen LogP contribution in [0.15, 0.2) is 64.5 Å². The van der Waals surface area contributed by atoms with E-state index in [1.54, 1.807) is 19.3 Å². The van der Waals surface area contributed by atoms with E-state index >= 15 is 0 Å². The van der Waals surface area contributed by atoms with Crippen LogP contribution in [0.5, 0.6) is 0 Å². The van der Waals surface area contributed by atoms with Gasteiger partial charge in [0.25, 0.3) is 0 Å². The summed E-state index contributed by atoms with van der Waals surface area (Å²) in [6, 6.07) is 13.5. The molecule has 3 heterocycles. The maximum atomic E-state index is 12.5. The van der Waals surface area contributed by atoms with E-state index in [4.69, 9.17) is 27.6 Å². The van der Waals surface area contributed by atoms with Gasteiger partial charge in [0.2, 0.25) is 11.7 Å². The summed E-state index contributed by atoms with van der Waals surface area (Å²) in [5, 5.41) is 12.6. The molecule has 7 nitrogen and oxygen atoms in total. The summed E-state index contributed by atoms with van der Waals surface area (Å²) in [4.78, 5) is 16.6. The number of furan rings is 1. The summed E-state index contributed by atoms with van der Waals surface area (Å²) in [5.41, 5.74) is 1.74. The zero-order valence-corrected chi connectivity index (χ0v) is 18.7. The molecule has 3 aromatic heterocycles. The first kappa shape index (κ1) is 21.4. The fourth-order valence-corrected chi connectivity index (χ4v) is 3.96. The molecule has 0 fully saturated rings. The number of amides is 1. The summed E-state index contributed by atoms with van der Waals surface area (Å²) >= 11 is 13.5. The molecule has 0 atom stereocenters. The van der Waals surface area contributed by atoms with Crippen molar-refractivity contribution in [3.05, 3.63) is 76.1 Å². The Morgan fingerprint density at radius 2 is 1.97 bits per heavy atom. The van der Waals surface area contributed by atoms with E-state index in [1.165, 1.54) is 18.0 Å². The minimum Gasteiger partial charge on any atom is -0.461 e. The molecular formula is C21H17Cl2N5O2S. The molecule has 0 saturated heterocycles. The second-order valence-electron chi connectivity index (χ2n) is 6.59. The lowest BCUT2D eigenvalue weighted by molar-refractivity contribution is -0.113. The molecule has 0 aliphatic heterocycles. The van der Waals surface area contributed by atoms with Crippen molar-refractivity contribution in [3.63, 3.8) is 0 Å². The highest BCUT2D eigenvalue weighted by atomic mass is 35.5. The molecule has 158 valence electrons. The first-order valence-corrected chi connectivity index (χ1v) is 11.0. The summed E-state index contributed by atoms with van der Waals surface area (Å²) in [7, 11) is 0. The Hall–Kier alpha value is -2.81. The molecule has 0 saturated carbocycles. The molecule has 10 heteroatoms. The van der Waals surface area contributed by atoms with Crippen molar-refractivity contribution >= 4 is 46.7 Å². The van der Waals surface area contributed by atoms with Crippen LogP contribution in [0.1, 0.15) is 11.1 Å². The van der Waals surface area contributed by atoms with Gasteiger partial charge < -0.3 is 9.73 Å². The van der Waals surface area contributed by atoms with Gasteiger partial charge in [0.1, 0.15) is 0 Å². The predicted molar refractivity (Wildman–Crippen MR) is 122 cm³/mol. The topological polar surface area (TPSA) is 85.8 Å². The number of hydrogen-bond acceptors (Lipinski definition) is 6. The van der Waals surface area contributed by atoms with Crippen molar-refractivity contribution in [2.75, 3.05) is 11.1 Å². The number of halogens is 2. The van der Waals surface area contributed by atoms with Gasteiger partial charge in [-0.25, -0.2) is 4.98 Å². The first-order chi connectivity index (χ1) is 15.0. The fraction of sp³-hybridized carbons (Fsp3) is 0.143. The molecule has 1 aromatic carbocycles. The van der Waals surface area contributed by atoms with E-state index < -0.39 is 0 Å². The molecule has 1 N–H and O–H groups in total. The predicted octanol–water partition coefficient (Wildman–Crippen LogP) is 5.33. The highest BCUT2D eigenvalue weighted by molar-refractivity contribution is 7.99. The highest BCUT2D eigenvalue weighted by Crippen LogP contribution is 2.29. The zero-order valence-electron chi connectivity index (χ0n) is 16.4. The maximum absolute atomic E-state index is 12.5. The van der Waals surface area contributed by atoms with Gasteiger partial charge in [0.05, 0.1) is 28.6 Å². The molecule has 0 radical (unpaired) electrons. The number of anilines is 1. The van der Waals surface area contributed by atoms with E-state index in [0.717, 1.165) is 5.56 Å². The lowest BCUT2D eigenvalue weighted by Gasteiger charge is -2.10. The number of carbonyl (C=O) groups is 1. The minimum atomic E-state index is -0.269. The SMILES string of the molecule is Cc1c(Cl)cnc(NC(=O)CSc2nnc(-c3ccco3)n2Cc2ccccc2)c1Cl. The van der Waals surface area contributed by atoms with E-state index in [9.17, 15) is 4.79 Å². The number of nitrogens with zero attached hydrogens (tertiary/aromatic N) is 4. The Balaban J connectivity index is 1.52. The van der Waals surface area contributed by atoms with Crippen LogP contribution < -0.4 is 5.32 Å². The number of pyridine rings is 1. The molecule has 0 aliphatic carbocycles. The third-order valence-electron chi connectivity index (χ3n) is 4.43. The van der Waals surface area contributed by atoms with Gasteiger partial charge in [-0.1, -0.05) is 65.3 Å². The van der Waals surface area contributed by atoms with Crippen molar-refractivity contribution in [1.82, 2.24) is 19.7 Å². The highest BCUT2D eigenvalue weighted by Gasteiger charge is 2.18. The molecule has 0 spiro atoms. The van der Waals surface area contributed by atoms with Gasteiger partial charge in [-0.05, 0) is 30.2 Å². The molecule has 0 aliphatic rings. The van der Waals surface area contributed by atoms with E-state index in [2.05, 4.69) is 20.5 Å². The number of carbonyl (C=O) groups excluding carboxylic acids is 1. The average Bonchev–Trinajstić information content (AvgIpc) is 3.43. The van der Waals surface area contributed by atoms with Gasteiger partial charge in [-0.3, -0.25) is 9.36 Å². The standard InChI is InChI=1S/C21H17Cl2N5O2S/c1-13-15(22)10-24-19(18(13)23)25-17(29)12-31-21-27-26-20(16-8-5-9-30-16)28(21)11-14-6-3-2-4-7-14/h2-10H,11-12H2,1H3,(H,24,25,29).